The summed E-state index contributed by atoms with van der Waals surface area (Å²) < 4.78 is 5.25. The highest BCUT2D eigenvalue weighted by Crippen LogP contribution is 2.14. The fraction of sp³-hybridized carbons (Fsp3) is 0.529. The molecule has 0 spiro atoms. The first-order valence-corrected chi connectivity index (χ1v) is 7.43. The van der Waals surface area contributed by atoms with Gasteiger partial charge in [-0.25, -0.2) is 4.79 Å². The summed E-state index contributed by atoms with van der Waals surface area (Å²) in [6.07, 6.45) is 0.396. The number of ether oxygens (including phenoxy) is 1. The average molecular weight is 307 g/mol. The van der Waals surface area contributed by atoms with Crippen molar-refractivity contribution >= 4 is 12.1 Å². The van der Waals surface area contributed by atoms with E-state index in [9.17, 15) is 9.59 Å². The molecule has 5 nitrogen and oxygen atoms in total. The Labute approximate surface area is 131 Å². The summed E-state index contributed by atoms with van der Waals surface area (Å²) >= 11 is 0. The Kier molecular flexibility index (Phi) is 6.40. The van der Waals surface area contributed by atoms with Gasteiger partial charge < -0.3 is 15.2 Å². The van der Waals surface area contributed by atoms with Gasteiger partial charge in [0.05, 0.1) is 5.92 Å². The van der Waals surface area contributed by atoms with E-state index in [0.717, 1.165) is 5.56 Å². The highest BCUT2D eigenvalue weighted by Gasteiger charge is 2.23. The first kappa shape index (κ1) is 18.0. The van der Waals surface area contributed by atoms with Crippen LogP contribution in [0.5, 0.6) is 0 Å². The maximum atomic E-state index is 11.9. The fourth-order valence-electron chi connectivity index (χ4n) is 2.09. The van der Waals surface area contributed by atoms with Crippen LogP contribution in [0.4, 0.5) is 4.79 Å². The van der Waals surface area contributed by atoms with Crippen LogP contribution >= 0.6 is 0 Å². The predicted octanol–water partition coefficient (Wildman–Crippen LogP) is 3.23. The molecular formula is C17H25NO4. The second-order valence-electron chi connectivity index (χ2n) is 6.51. The Morgan fingerprint density at radius 3 is 2.32 bits per heavy atom. The SMILES string of the molecule is C[C@@H](C[C@H](Cc1ccccc1)NC(=O)OC(C)(C)C)C(=O)O. The molecule has 1 amide bonds. The van der Waals surface area contributed by atoms with Crippen molar-refractivity contribution in [1.82, 2.24) is 5.32 Å². The van der Waals surface area contributed by atoms with Gasteiger partial charge in [0.1, 0.15) is 5.60 Å². The highest BCUT2D eigenvalue weighted by atomic mass is 16.6. The quantitative estimate of drug-likeness (QED) is 0.846. The van der Waals surface area contributed by atoms with Crippen molar-refractivity contribution in [2.45, 2.75) is 52.2 Å². The van der Waals surface area contributed by atoms with Crippen LogP contribution in [0.15, 0.2) is 30.3 Å². The molecule has 0 aliphatic heterocycles. The van der Waals surface area contributed by atoms with Crippen LogP contribution in [0, 0.1) is 5.92 Å². The molecule has 0 fully saturated rings. The third-order valence-electron chi connectivity index (χ3n) is 3.11. The second kappa shape index (κ2) is 7.82. The number of carbonyl (C=O) groups excluding carboxylic acids is 1. The maximum absolute atomic E-state index is 11.9. The summed E-state index contributed by atoms with van der Waals surface area (Å²) in [6, 6.07) is 9.37. The van der Waals surface area contributed by atoms with Gasteiger partial charge in [0.2, 0.25) is 0 Å². The molecule has 2 N–H and O–H groups in total. The van der Waals surface area contributed by atoms with Crippen molar-refractivity contribution in [3.63, 3.8) is 0 Å². The number of hydrogen-bond donors (Lipinski definition) is 2. The Hall–Kier alpha value is -2.04. The van der Waals surface area contributed by atoms with Gasteiger partial charge in [-0.1, -0.05) is 37.3 Å². The van der Waals surface area contributed by atoms with Crippen LogP contribution in [0.25, 0.3) is 0 Å². The standard InChI is InChI=1S/C17H25NO4/c1-12(15(19)20)10-14(11-13-8-6-5-7-9-13)18-16(21)22-17(2,3)4/h5-9,12,14H,10-11H2,1-4H3,(H,18,21)(H,19,20)/t12-,14+/m0/s1. The Bertz CT molecular complexity index is 493. The van der Waals surface area contributed by atoms with Crippen LogP contribution in [0.3, 0.4) is 0 Å². The van der Waals surface area contributed by atoms with Gasteiger partial charge in [-0.15, -0.1) is 0 Å². The molecule has 1 rings (SSSR count). The monoisotopic (exact) mass is 307 g/mol. The van der Waals surface area contributed by atoms with Gasteiger partial charge in [-0.2, -0.15) is 0 Å². The summed E-state index contributed by atoms with van der Waals surface area (Å²) in [7, 11) is 0. The lowest BCUT2D eigenvalue weighted by molar-refractivity contribution is -0.141. The number of benzene rings is 1. The summed E-state index contributed by atoms with van der Waals surface area (Å²) in [4.78, 5) is 23.0. The number of alkyl carbamates (subject to hydrolysis) is 1. The fourth-order valence-corrected chi connectivity index (χ4v) is 2.09. The number of hydrogen-bond acceptors (Lipinski definition) is 3. The zero-order chi connectivity index (χ0) is 16.8. The van der Waals surface area contributed by atoms with Crippen LogP contribution < -0.4 is 5.32 Å². The summed E-state index contributed by atoms with van der Waals surface area (Å²) in [5.74, 6) is -1.41. The van der Waals surface area contributed by atoms with Gasteiger partial charge in [-0.3, -0.25) is 4.79 Å². The molecule has 1 aromatic carbocycles. The molecule has 0 bridgehead atoms. The average Bonchev–Trinajstić information content (AvgIpc) is 2.37. The van der Waals surface area contributed by atoms with E-state index in [2.05, 4.69) is 5.32 Å². The number of carboxylic acid groups (broad SMARTS) is 1. The van der Waals surface area contributed by atoms with Crippen molar-refractivity contribution in [3.8, 4) is 0 Å². The zero-order valence-electron chi connectivity index (χ0n) is 13.6. The van der Waals surface area contributed by atoms with Gasteiger partial charge in [0.25, 0.3) is 0 Å². The minimum Gasteiger partial charge on any atom is -0.481 e. The van der Waals surface area contributed by atoms with Crippen LogP contribution in [-0.2, 0) is 16.0 Å². The van der Waals surface area contributed by atoms with E-state index in [-0.39, 0.29) is 6.04 Å². The van der Waals surface area contributed by atoms with Gasteiger partial charge >= 0.3 is 12.1 Å². The predicted molar refractivity (Wildman–Crippen MR) is 84.7 cm³/mol. The van der Waals surface area contributed by atoms with E-state index in [4.69, 9.17) is 9.84 Å². The molecule has 5 heteroatoms. The van der Waals surface area contributed by atoms with Crippen LogP contribution in [0.2, 0.25) is 0 Å². The lowest BCUT2D eigenvalue weighted by Crippen LogP contribution is -2.41. The molecule has 0 aliphatic carbocycles. The third kappa shape index (κ3) is 7.11. The number of carboxylic acids is 1. The molecule has 0 unspecified atom stereocenters. The molecule has 0 aromatic heterocycles. The molecular weight excluding hydrogens is 282 g/mol. The molecule has 122 valence electrons. The molecule has 0 aliphatic rings. The molecule has 0 saturated heterocycles. The van der Waals surface area contributed by atoms with Crippen molar-refractivity contribution in [2.24, 2.45) is 5.92 Å². The zero-order valence-corrected chi connectivity index (χ0v) is 13.6. The second-order valence-corrected chi connectivity index (χ2v) is 6.51. The Morgan fingerprint density at radius 2 is 1.82 bits per heavy atom. The van der Waals surface area contributed by atoms with Crippen molar-refractivity contribution < 1.29 is 19.4 Å². The Morgan fingerprint density at radius 1 is 1.23 bits per heavy atom. The van der Waals surface area contributed by atoms with E-state index >= 15 is 0 Å². The maximum Gasteiger partial charge on any atom is 0.407 e. The van der Waals surface area contributed by atoms with Gasteiger partial charge in [0.15, 0.2) is 0 Å². The van der Waals surface area contributed by atoms with E-state index < -0.39 is 23.6 Å². The normalized spacial score (nSPS) is 14.0. The van der Waals surface area contributed by atoms with Gasteiger partial charge in [0, 0.05) is 6.04 Å². The lowest BCUT2D eigenvalue weighted by atomic mass is 9.96. The summed E-state index contributed by atoms with van der Waals surface area (Å²) in [6.45, 7) is 7.01. The highest BCUT2D eigenvalue weighted by molar-refractivity contribution is 5.70. The van der Waals surface area contributed by atoms with E-state index in [0.29, 0.717) is 12.8 Å². The first-order chi connectivity index (χ1) is 10.2. The summed E-state index contributed by atoms with van der Waals surface area (Å²) in [5, 5.41) is 11.9. The van der Waals surface area contributed by atoms with Gasteiger partial charge in [-0.05, 0) is 39.2 Å². The molecule has 1 aromatic rings. The number of amides is 1. The summed E-state index contributed by atoms with van der Waals surface area (Å²) in [5.41, 5.74) is 0.459. The number of rotatable bonds is 6. The Balaban J connectivity index is 2.73. The lowest BCUT2D eigenvalue weighted by Gasteiger charge is -2.24. The van der Waals surface area contributed by atoms with E-state index in [1.54, 1.807) is 27.7 Å². The minimum atomic E-state index is -0.871. The van der Waals surface area contributed by atoms with Crippen molar-refractivity contribution in [2.75, 3.05) is 0 Å². The van der Waals surface area contributed by atoms with E-state index in [1.807, 2.05) is 30.3 Å². The largest absolute Gasteiger partial charge is 0.481 e. The third-order valence-corrected chi connectivity index (χ3v) is 3.11. The smallest absolute Gasteiger partial charge is 0.407 e. The molecule has 2 atom stereocenters. The molecule has 0 saturated carbocycles. The number of carbonyl (C=O) groups is 2. The van der Waals surface area contributed by atoms with Crippen molar-refractivity contribution in [1.29, 1.82) is 0 Å². The van der Waals surface area contributed by atoms with Crippen LogP contribution in [-0.4, -0.2) is 28.8 Å². The minimum absolute atomic E-state index is 0.289. The molecule has 0 radical (unpaired) electrons. The van der Waals surface area contributed by atoms with Crippen molar-refractivity contribution in [3.05, 3.63) is 35.9 Å². The molecule has 0 heterocycles. The number of nitrogens with one attached hydrogen (secondary N) is 1. The van der Waals surface area contributed by atoms with Crippen LogP contribution in [0.1, 0.15) is 39.7 Å². The molecule has 22 heavy (non-hydrogen) atoms. The van der Waals surface area contributed by atoms with E-state index in [1.165, 1.54) is 0 Å². The topological polar surface area (TPSA) is 75.6 Å². The first-order valence-electron chi connectivity index (χ1n) is 7.43. The number of aliphatic carboxylic acids is 1.